The summed E-state index contributed by atoms with van der Waals surface area (Å²) in [5.74, 6) is -0.780. The molecular weight excluding hydrogens is 495 g/mol. The van der Waals surface area contributed by atoms with Gasteiger partial charge in [0.2, 0.25) is 15.9 Å². The zero-order valence-electron chi connectivity index (χ0n) is 16.7. The highest BCUT2D eigenvalue weighted by atomic mass is 35.5. The topological polar surface area (TPSA) is 106 Å². The molecule has 0 aliphatic heterocycles. The maximum Gasteiger partial charge on any atom is 0.238 e. The lowest BCUT2D eigenvalue weighted by molar-refractivity contribution is -0.115. The second-order valence-electron chi connectivity index (χ2n) is 7.01. The predicted molar refractivity (Wildman–Crippen MR) is 126 cm³/mol. The van der Waals surface area contributed by atoms with Gasteiger partial charge in [0.05, 0.1) is 21.4 Å². The number of aryl methyl sites for hydroxylation is 1. The Morgan fingerprint density at radius 2 is 1.53 bits per heavy atom. The number of nitrogens with one attached hydrogen (secondary N) is 1. The van der Waals surface area contributed by atoms with Gasteiger partial charge in [-0.2, -0.15) is 0 Å². The number of halogens is 3. The maximum absolute atomic E-state index is 12.9. The largest absolute Gasteiger partial charge is 0.326 e. The molecular formula is C22H17Cl3N2O4S. The number of amides is 1. The fraction of sp³-hybridized carbons (Fsp3) is 0.0909. The molecule has 3 aromatic carbocycles. The van der Waals surface area contributed by atoms with Gasteiger partial charge in [0.25, 0.3) is 0 Å². The number of benzene rings is 3. The van der Waals surface area contributed by atoms with Crippen molar-refractivity contribution in [1.29, 1.82) is 0 Å². The lowest BCUT2D eigenvalue weighted by Gasteiger charge is -2.11. The first kappa shape index (κ1) is 24.2. The molecule has 0 spiro atoms. The zero-order chi connectivity index (χ0) is 23.6. The summed E-state index contributed by atoms with van der Waals surface area (Å²) in [6, 6.07) is 13.4. The molecule has 0 fully saturated rings. The molecule has 0 radical (unpaired) electrons. The highest BCUT2D eigenvalue weighted by Crippen LogP contribution is 2.27. The van der Waals surface area contributed by atoms with Crippen LogP contribution in [-0.4, -0.2) is 20.1 Å². The van der Waals surface area contributed by atoms with Crippen LogP contribution < -0.4 is 10.5 Å². The number of ketones is 1. The van der Waals surface area contributed by atoms with Crippen LogP contribution in [0.3, 0.4) is 0 Å². The molecule has 0 bridgehead atoms. The van der Waals surface area contributed by atoms with E-state index in [0.29, 0.717) is 21.8 Å². The molecule has 3 rings (SSSR count). The Morgan fingerprint density at radius 1 is 0.906 bits per heavy atom. The van der Waals surface area contributed by atoms with Crippen molar-refractivity contribution in [3.8, 4) is 0 Å². The Labute approximate surface area is 200 Å². The summed E-state index contributed by atoms with van der Waals surface area (Å²) in [5, 5.41) is 8.64. The minimum absolute atomic E-state index is 0.0445. The number of rotatable bonds is 6. The maximum atomic E-state index is 12.9. The van der Waals surface area contributed by atoms with E-state index < -0.39 is 15.8 Å². The van der Waals surface area contributed by atoms with Gasteiger partial charge in [-0.1, -0.05) is 40.9 Å². The third kappa shape index (κ3) is 5.68. The summed E-state index contributed by atoms with van der Waals surface area (Å²) in [5.41, 5.74) is 1.92. The van der Waals surface area contributed by atoms with E-state index in [1.807, 2.05) is 0 Å². The van der Waals surface area contributed by atoms with Crippen LogP contribution in [0.25, 0.3) is 0 Å². The Kier molecular flexibility index (Phi) is 7.27. The number of primary sulfonamides is 1. The molecule has 0 saturated heterocycles. The van der Waals surface area contributed by atoms with Gasteiger partial charge in [-0.05, 0) is 66.6 Å². The van der Waals surface area contributed by atoms with Crippen molar-refractivity contribution in [1.82, 2.24) is 0 Å². The number of sulfonamides is 1. The number of carbonyl (C=O) groups excluding carboxylic acids is 2. The summed E-state index contributed by atoms with van der Waals surface area (Å²) < 4.78 is 22.9. The first-order valence-electron chi connectivity index (χ1n) is 9.17. The summed E-state index contributed by atoms with van der Waals surface area (Å²) >= 11 is 18.3. The molecule has 0 unspecified atom stereocenters. The van der Waals surface area contributed by atoms with Crippen LogP contribution in [0.2, 0.25) is 15.1 Å². The average molecular weight is 512 g/mol. The SMILES string of the molecule is Cc1cc(S(N)(=O)=O)ccc1NC(=O)Cc1ccc(Cl)c(C(=O)c2cc(Cl)ccc2Cl)c1. The summed E-state index contributed by atoms with van der Waals surface area (Å²) in [7, 11) is -3.84. The number of hydrogen-bond donors (Lipinski definition) is 2. The van der Waals surface area contributed by atoms with Gasteiger partial charge >= 0.3 is 0 Å². The van der Waals surface area contributed by atoms with Gasteiger partial charge < -0.3 is 5.32 Å². The van der Waals surface area contributed by atoms with Gasteiger partial charge in [-0.15, -0.1) is 0 Å². The van der Waals surface area contributed by atoms with E-state index in [1.165, 1.54) is 42.5 Å². The Hall–Kier alpha value is -2.42. The Balaban J connectivity index is 1.81. The Morgan fingerprint density at radius 3 is 2.16 bits per heavy atom. The minimum atomic E-state index is -3.84. The predicted octanol–water partition coefficient (Wildman–Crippen LogP) is 5.01. The number of hydrogen-bond acceptors (Lipinski definition) is 4. The zero-order valence-corrected chi connectivity index (χ0v) is 19.7. The summed E-state index contributed by atoms with van der Waals surface area (Å²) in [6.07, 6.45) is -0.0445. The first-order valence-corrected chi connectivity index (χ1v) is 11.8. The number of carbonyl (C=O) groups is 2. The molecule has 32 heavy (non-hydrogen) atoms. The molecule has 0 heterocycles. The van der Waals surface area contributed by atoms with E-state index in [0.717, 1.165) is 0 Å². The summed E-state index contributed by atoms with van der Waals surface area (Å²) in [4.78, 5) is 25.4. The smallest absolute Gasteiger partial charge is 0.238 e. The lowest BCUT2D eigenvalue weighted by atomic mass is 10.00. The molecule has 0 atom stereocenters. The van der Waals surface area contributed by atoms with Gasteiger partial charge in [0.15, 0.2) is 5.78 Å². The van der Waals surface area contributed by atoms with Crippen LogP contribution >= 0.6 is 34.8 Å². The van der Waals surface area contributed by atoms with Crippen molar-refractivity contribution in [3.63, 3.8) is 0 Å². The van der Waals surface area contributed by atoms with E-state index >= 15 is 0 Å². The normalized spacial score (nSPS) is 11.3. The minimum Gasteiger partial charge on any atom is -0.326 e. The Bertz CT molecular complexity index is 1340. The second-order valence-corrected chi connectivity index (χ2v) is 9.83. The molecule has 0 aromatic heterocycles. The molecule has 10 heteroatoms. The molecule has 0 saturated carbocycles. The second kappa shape index (κ2) is 9.60. The van der Waals surface area contributed by atoms with Gasteiger partial charge in [-0.3, -0.25) is 9.59 Å². The third-order valence-electron chi connectivity index (χ3n) is 4.61. The van der Waals surface area contributed by atoms with E-state index in [4.69, 9.17) is 39.9 Å². The highest BCUT2D eigenvalue weighted by molar-refractivity contribution is 7.89. The molecule has 0 aliphatic carbocycles. The van der Waals surface area contributed by atoms with E-state index in [9.17, 15) is 18.0 Å². The van der Waals surface area contributed by atoms with Crippen molar-refractivity contribution in [2.45, 2.75) is 18.2 Å². The first-order chi connectivity index (χ1) is 15.0. The number of nitrogens with two attached hydrogens (primary N) is 1. The fourth-order valence-corrected chi connectivity index (χ4v) is 4.18. The van der Waals surface area contributed by atoms with Gasteiger partial charge in [-0.25, -0.2) is 13.6 Å². The molecule has 3 N–H and O–H groups in total. The van der Waals surface area contributed by atoms with Crippen molar-refractivity contribution in [2.24, 2.45) is 5.14 Å². The molecule has 6 nitrogen and oxygen atoms in total. The standard InChI is InChI=1S/C22H17Cl3N2O4S/c1-12-8-15(32(26,30)31)4-7-20(12)27-21(28)10-13-2-5-18(24)16(9-13)22(29)17-11-14(23)3-6-19(17)25/h2-9,11H,10H2,1H3,(H,27,28)(H2,26,30,31). The number of anilines is 1. The van der Waals surface area contributed by atoms with Crippen LogP contribution in [0.4, 0.5) is 5.69 Å². The van der Waals surface area contributed by atoms with Crippen LogP contribution in [0.1, 0.15) is 27.0 Å². The van der Waals surface area contributed by atoms with Gasteiger partial charge in [0.1, 0.15) is 0 Å². The highest BCUT2D eigenvalue weighted by Gasteiger charge is 2.18. The molecule has 3 aromatic rings. The van der Waals surface area contributed by atoms with E-state index in [2.05, 4.69) is 5.32 Å². The molecule has 1 amide bonds. The van der Waals surface area contributed by atoms with E-state index in [-0.39, 0.29) is 38.4 Å². The van der Waals surface area contributed by atoms with Crippen molar-refractivity contribution < 1.29 is 18.0 Å². The lowest BCUT2D eigenvalue weighted by Crippen LogP contribution is -2.17. The van der Waals surface area contributed by atoms with Crippen LogP contribution in [-0.2, 0) is 21.2 Å². The van der Waals surface area contributed by atoms with Crippen LogP contribution in [0.15, 0.2) is 59.5 Å². The molecule has 0 aliphatic rings. The monoisotopic (exact) mass is 510 g/mol. The summed E-state index contributed by atoms with van der Waals surface area (Å²) in [6.45, 7) is 1.65. The third-order valence-corrected chi connectivity index (χ3v) is 6.42. The van der Waals surface area contributed by atoms with E-state index in [1.54, 1.807) is 19.1 Å². The van der Waals surface area contributed by atoms with Crippen LogP contribution in [0.5, 0.6) is 0 Å². The van der Waals surface area contributed by atoms with Crippen molar-refractivity contribution in [3.05, 3.63) is 91.9 Å². The quantitative estimate of drug-likeness (QED) is 0.453. The van der Waals surface area contributed by atoms with Crippen molar-refractivity contribution >= 4 is 62.2 Å². The van der Waals surface area contributed by atoms with Crippen LogP contribution in [0, 0.1) is 6.92 Å². The fourth-order valence-electron chi connectivity index (χ4n) is 3.01. The average Bonchev–Trinajstić information content (AvgIpc) is 2.71. The van der Waals surface area contributed by atoms with Gasteiger partial charge in [0, 0.05) is 21.8 Å². The molecule has 166 valence electrons. The van der Waals surface area contributed by atoms with Crippen molar-refractivity contribution in [2.75, 3.05) is 5.32 Å².